The first-order valence-electron chi connectivity index (χ1n) is 7.02. The van der Waals surface area contributed by atoms with Gasteiger partial charge in [0, 0.05) is 24.6 Å². The number of nitrogen functional groups attached to an aromatic ring is 1. The summed E-state index contributed by atoms with van der Waals surface area (Å²) in [7, 11) is 1.45. The Hall–Kier alpha value is -3.02. The maximum atomic E-state index is 13.6. The molecule has 0 aliphatic carbocycles. The molecule has 0 aliphatic rings. The van der Waals surface area contributed by atoms with Gasteiger partial charge in [-0.05, 0) is 12.1 Å². The SMILES string of the molecule is COc1cc(F)c(N)cc1Nc1cn(C(C)=O)c2ccccc12. The Morgan fingerprint density at radius 3 is 2.70 bits per heavy atom. The maximum absolute atomic E-state index is 13.6. The van der Waals surface area contributed by atoms with Crippen molar-refractivity contribution in [3.8, 4) is 5.75 Å². The number of hydrogen-bond donors (Lipinski definition) is 2. The van der Waals surface area contributed by atoms with E-state index in [-0.39, 0.29) is 11.6 Å². The highest BCUT2D eigenvalue weighted by molar-refractivity contribution is 6.00. The van der Waals surface area contributed by atoms with Crippen LogP contribution in [-0.4, -0.2) is 17.6 Å². The van der Waals surface area contributed by atoms with Crippen LogP contribution in [0.1, 0.15) is 11.7 Å². The van der Waals surface area contributed by atoms with Crippen LogP contribution >= 0.6 is 0 Å². The number of nitrogens with two attached hydrogens (primary N) is 1. The number of ether oxygens (including phenoxy) is 1. The molecule has 5 nitrogen and oxygen atoms in total. The highest BCUT2D eigenvalue weighted by Crippen LogP contribution is 2.35. The molecule has 1 heterocycles. The number of nitrogens with one attached hydrogen (secondary N) is 1. The third-order valence-corrected chi connectivity index (χ3v) is 3.64. The van der Waals surface area contributed by atoms with Crippen LogP contribution in [0.3, 0.4) is 0 Å². The molecule has 0 saturated carbocycles. The summed E-state index contributed by atoms with van der Waals surface area (Å²) in [6, 6.07) is 10.2. The van der Waals surface area contributed by atoms with Crippen molar-refractivity contribution in [1.82, 2.24) is 4.57 Å². The van der Waals surface area contributed by atoms with Gasteiger partial charge >= 0.3 is 0 Å². The van der Waals surface area contributed by atoms with Crippen molar-refractivity contribution in [2.24, 2.45) is 0 Å². The molecule has 0 atom stereocenters. The van der Waals surface area contributed by atoms with E-state index in [1.807, 2.05) is 24.3 Å². The molecule has 0 aliphatic heterocycles. The van der Waals surface area contributed by atoms with Crippen LogP contribution in [0.4, 0.5) is 21.5 Å². The van der Waals surface area contributed by atoms with E-state index in [1.165, 1.54) is 26.2 Å². The molecule has 0 bridgehead atoms. The maximum Gasteiger partial charge on any atom is 0.228 e. The number of nitrogens with zero attached hydrogens (tertiary/aromatic N) is 1. The number of anilines is 3. The number of para-hydroxylation sites is 1. The number of carbonyl (C=O) groups is 1. The number of carbonyl (C=O) groups excluding carboxylic acids is 1. The third kappa shape index (κ3) is 2.59. The van der Waals surface area contributed by atoms with Gasteiger partial charge in [-0.25, -0.2) is 4.39 Å². The Bertz CT molecular complexity index is 902. The van der Waals surface area contributed by atoms with Gasteiger partial charge in [-0.3, -0.25) is 9.36 Å². The third-order valence-electron chi connectivity index (χ3n) is 3.64. The number of benzene rings is 2. The molecule has 0 amide bonds. The zero-order valence-electron chi connectivity index (χ0n) is 12.8. The predicted molar refractivity (Wildman–Crippen MR) is 88.9 cm³/mol. The minimum atomic E-state index is -0.543. The summed E-state index contributed by atoms with van der Waals surface area (Å²) in [5.41, 5.74) is 7.67. The number of halogens is 1. The fraction of sp³-hybridized carbons (Fsp3) is 0.118. The summed E-state index contributed by atoms with van der Waals surface area (Å²) in [5, 5.41) is 4.03. The van der Waals surface area contributed by atoms with E-state index in [9.17, 15) is 9.18 Å². The molecule has 0 unspecified atom stereocenters. The van der Waals surface area contributed by atoms with E-state index in [0.717, 1.165) is 10.9 Å². The van der Waals surface area contributed by atoms with Gasteiger partial charge in [-0.15, -0.1) is 0 Å². The van der Waals surface area contributed by atoms with E-state index >= 15 is 0 Å². The van der Waals surface area contributed by atoms with Crippen molar-refractivity contribution in [3.63, 3.8) is 0 Å². The molecule has 0 radical (unpaired) electrons. The molecule has 0 saturated heterocycles. The van der Waals surface area contributed by atoms with E-state index in [2.05, 4.69) is 5.32 Å². The second kappa shape index (κ2) is 5.64. The van der Waals surface area contributed by atoms with Crippen LogP contribution in [0.2, 0.25) is 0 Å². The molecule has 2 aromatic carbocycles. The van der Waals surface area contributed by atoms with E-state index in [4.69, 9.17) is 10.5 Å². The first-order chi connectivity index (χ1) is 11.0. The smallest absolute Gasteiger partial charge is 0.228 e. The summed E-state index contributed by atoms with van der Waals surface area (Å²) in [5.74, 6) is -0.310. The normalized spacial score (nSPS) is 10.7. The first kappa shape index (κ1) is 14.9. The summed E-state index contributed by atoms with van der Waals surface area (Å²) >= 11 is 0. The van der Waals surface area contributed by atoms with Crippen molar-refractivity contribution in [3.05, 3.63) is 48.4 Å². The highest BCUT2D eigenvalue weighted by atomic mass is 19.1. The van der Waals surface area contributed by atoms with Gasteiger partial charge in [0.05, 0.1) is 29.7 Å². The van der Waals surface area contributed by atoms with Crippen LogP contribution in [0.5, 0.6) is 5.75 Å². The van der Waals surface area contributed by atoms with E-state index < -0.39 is 5.82 Å². The summed E-state index contributed by atoms with van der Waals surface area (Å²) in [6.45, 7) is 1.49. The standard InChI is InChI=1S/C17H16FN3O2/c1-10(22)21-9-15(11-5-3-4-6-16(11)21)20-14-8-13(19)12(18)7-17(14)23-2/h3-9,20H,19H2,1-2H3. The molecule has 0 spiro atoms. The lowest BCUT2D eigenvalue weighted by atomic mass is 10.2. The Kier molecular flexibility index (Phi) is 3.65. The lowest BCUT2D eigenvalue weighted by Crippen LogP contribution is -2.03. The van der Waals surface area contributed by atoms with E-state index in [1.54, 1.807) is 10.8 Å². The van der Waals surface area contributed by atoms with Gasteiger partial charge in [0.25, 0.3) is 0 Å². The molecular formula is C17H16FN3O2. The zero-order valence-corrected chi connectivity index (χ0v) is 12.8. The minimum Gasteiger partial charge on any atom is -0.494 e. The van der Waals surface area contributed by atoms with Crippen LogP contribution in [-0.2, 0) is 0 Å². The molecule has 3 aromatic rings. The highest BCUT2D eigenvalue weighted by Gasteiger charge is 2.14. The Morgan fingerprint density at radius 1 is 1.26 bits per heavy atom. The molecule has 3 rings (SSSR count). The van der Waals surface area contributed by atoms with Gasteiger partial charge in [-0.2, -0.15) is 0 Å². The zero-order chi connectivity index (χ0) is 16.6. The van der Waals surface area contributed by atoms with Gasteiger partial charge in [-0.1, -0.05) is 18.2 Å². The lowest BCUT2D eigenvalue weighted by molar-refractivity contribution is 0.0942. The van der Waals surface area contributed by atoms with Crippen molar-refractivity contribution in [1.29, 1.82) is 0 Å². The molecule has 0 fully saturated rings. The fourth-order valence-corrected chi connectivity index (χ4v) is 2.52. The van der Waals surface area contributed by atoms with Gasteiger partial charge in [0.1, 0.15) is 11.6 Å². The molecule has 23 heavy (non-hydrogen) atoms. The monoisotopic (exact) mass is 313 g/mol. The number of methoxy groups -OCH3 is 1. The Balaban J connectivity index is 2.13. The van der Waals surface area contributed by atoms with Gasteiger partial charge in [0.15, 0.2) is 0 Å². The average molecular weight is 313 g/mol. The number of aromatic nitrogens is 1. The average Bonchev–Trinajstić information content (AvgIpc) is 2.90. The first-order valence-corrected chi connectivity index (χ1v) is 7.02. The van der Waals surface area contributed by atoms with Gasteiger partial charge < -0.3 is 15.8 Å². The fourth-order valence-electron chi connectivity index (χ4n) is 2.52. The largest absolute Gasteiger partial charge is 0.494 e. The quantitative estimate of drug-likeness (QED) is 0.722. The van der Waals surface area contributed by atoms with Crippen LogP contribution in [0, 0.1) is 5.82 Å². The summed E-state index contributed by atoms with van der Waals surface area (Å²) in [6.07, 6.45) is 1.70. The second-order valence-electron chi connectivity index (χ2n) is 5.15. The van der Waals surface area contributed by atoms with Crippen molar-refractivity contribution < 1.29 is 13.9 Å². The molecule has 6 heteroatoms. The van der Waals surface area contributed by atoms with Crippen molar-refractivity contribution >= 4 is 33.9 Å². The van der Waals surface area contributed by atoms with Crippen molar-refractivity contribution in [2.75, 3.05) is 18.2 Å². The minimum absolute atomic E-state index is 0.0172. The summed E-state index contributed by atoms with van der Waals surface area (Å²) < 4.78 is 20.3. The van der Waals surface area contributed by atoms with Crippen LogP contribution in [0.15, 0.2) is 42.6 Å². The second-order valence-corrected chi connectivity index (χ2v) is 5.15. The molecule has 3 N–H and O–H groups in total. The number of rotatable bonds is 3. The van der Waals surface area contributed by atoms with E-state index in [0.29, 0.717) is 17.1 Å². The molecular weight excluding hydrogens is 297 g/mol. The Morgan fingerprint density at radius 2 is 2.00 bits per heavy atom. The number of hydrogen-bond acceptors (Lipinski definition) is 4. The van der Waals surface area contributed by atoms with Crippen LogP contribution < -0.4 is 15.8 Å². The topological polar surface area (TPSA) is 69.3 Å². The summed E-state index contributed by atoms with van der Waals surface area (Å²) in [4.78, 5) is 11.8. The van der Waals surface area contributed by atoms with Crippen LogP contribution in [0.25, 0.3) is 10.9 Å². The number of fused-ring (bicyclic) bond motifs is 1. The van der Waals surface area contributed by atoms with Crippen molar-refractivity contribution in [2.45, 2.75) is 6.92 Å². The van der Waals surface area contributed by atoms with Gasteiger partial charge in [0.2, 0.25) is 5.91 Å². The molecule has 1 aromatic heterocycles. The molecule has 118 valence electrons. The Labute approximate surface area is 132 Å². The predicted octanol–water partition coefficient (Wildman–Crippen LogP) is 3.77. The lowest BCUT2D eigenvalue weighted by Gasteiger charge is -2.12.